The SMILES string of the molecule is CCNC(=NCc1ccc(C(=O)N(C)C)cc1)N1CCS(=O)(=O)C(C)(C)C1. The molecule has 150 valence electrons. The Bertz CT molecular complexity index is 799. The van der Waals surface area contributed by atoms with Gasteiger partial charge in [-0.3, -0.25) is 4.79 Å². The molecule has 1 aliphatic heterocycles. The predicted octanol–water partition coefficient (Wildman–Crippen LogP) is 1.36. The molecule has 1 aromatic rings. The number of rotatable bonds is 4. The van der Waals surface area contributed by atoms with Crippen molar-refractivity contribution >= 4 is 21.7 Å². The van der Waals surface area contributed by atoms with Crippen molar-refractivity contribution in [3.63, 3.8) is 0 Å². The molecule has 0 atom stereocenters. The quantitative estimate of drug-likeness (QED) is 0.616. The van der Waals surface area contributed by atoms with Gasteiger partial charge in [0.05, 0.1) is 17.0 Å². The topological polar surface area (TPSA) is 82.1 Å². The summed E-state index contributed by atoms with van der Waals surface area (Å²) in [5.41, 5.74) is 1.63. The van der Waals surface area contributed by atoms with Crippen LogP contribution in [0.1, 0.15) is 36.7 Å². The standard InChI is InChI=1S/C19H30N4O3S/c1-6-20-18(23-11-12-27(25,26)19(2,3)14-23)21-13-15-7-9-16(10-8-15)17(24)22(4)5/h7-10H,6,11-14H2,1-5H3,(H,20,21). The highest BCUT2D eigenvalue weighted by Gasteiger charge is 2.40. The third-order valence-electron chi connectivity index (χ3n) is 4.70. The van der Waals surface area contributed by atoms with Crippen molar-refractivity contribution in [2.75, 3.05) is 39.5 Å². The summed E-state index contributed by atoms with van der Waals surface area (Å²) in [5, 5.41) is 3.25. The highest BCUT2D eigenvalue weighted by Crippen LogP contribution is 2.23. The van der Waals surface area contributed by atoms with E-state index in [2.05, 4.69) is 10.3 Å². The van der Waals surface area contributed by atoms with Crippen molar-refractivity contribution in [1.29, 1.82) is 0 Å². The maximum Gasteiger partial charge on any atom is 0.253 e. The maximum atomic E-state index is 12.2. The molecule has 0 bridgehead atoms. The van der Waals surface area contributed by atoms with E-state index in [-0.39, 0.29) is 11.7 Å². The van der Waals surface area contributed by atoms with Crippen molar-refractivity contribution in [1.82, 2.24) is 15.1 Å². The fraction of sp³-hybridized carbons (Fsp3) is 0.579. The smallest absolute Gasteiger partial charge is 0.253 e. The minimum Gasteiger partial charge on any atom is -0.357 e. The van der Waals surface area contributed by atoms with Gasteiger partial charge in [-0.05, 0) is 38.5 Å². The summed E-state index contributed by atoms with van der Waals surface area (Å²) in [6.07, 6.45) is 0. The summed E-state index contributed by atoms with van der Waals surface area (Å²) in [6, 6.07) is 7.40. The van der Waals surface area contributed by atoms with Crippen molar-refractivity contribution in [2.45, 2.75) is 32.1 Å². The third-order valence-corrected chi connectivity index (χ3v) is 7.23. The number of sulfone groups is 1. The van der Waals surface area contributed by atoms with Crippen LogP contribution in [0, 0.1) is 0 Å². The first-order chi connectivity index (χ1) is 12.6. The molecule has 1 amide bonds. The van der Waals surface area contributed by atoms with Gasteiger partial charge in [0.25, 0.3) is 5.91 Å². The van der Waals surface area contributed by atoms with Crippen molar-refractivity contribution < 1.29 is 13.2 Å². The number of benzene rings is 1. The van der Waals surface area contributed by atoms with E-state index in [1.165, 1.54) is 0 Å². The molecule has 0 spiro atoms. The van der Waals surface area contributed by atoms with Crippen LogP contribution in [0.5, 0.6) is 0 Å². The van der Waals surface area contributed by atoms with Crippen LogP contribution in [0.25, 0.3) is 0 Å². The molecule has 0 unspecified atom stereocenters. The largest absolute Gasteiger partial charge is 0.357 e. The second kappa shape index (κ2) is 8.29. The van der Waals surface area contributed by atoms with Gasteiger partial charge in [-0.1, -0.05) is 12.1 Å². The Morgan fingerprint density at radius 2 is 1.89 bits per heavy atom. The van der Waals surface area contributed by atoms with Crippen LogP contribution >= 0.6 is 0 Å². The van der Waals surface area contributed by atoms with E-state index in [4.69, 9.17) is 0 Å². The third kappa shape index (κ3) is 5.00. The maximum absolute atomic E-state index is 12.2. The molecular weight excluding hydrogens is 364 g/mol. The Kier molecular flexibility index (Phi) is 6.51. The number of hydrogen-bond acceptors (Lipinski definition) is 4. The molecule has 2 rings (SSSR count). The summed E-state index contributed by atoms with van der Waals surface area (Å²) in [4.78, 5) is 20.2. The molecule has 1 fully saturated rings. The Hall–Kier alpha value is -2.09. The lowest BCUT2D eigenvalue weighted by atomic mass is 10.1. The van der Waals surface area contributed by atoms with Crippen LogP contribution in [0.2, 0.25) is 0 Å². The minimum absolute atomic E-state index is 0.0323. The molecule has 7 nitrogen and oxygen atoms in total. The summed E-state index contributed by atoms with van der Waals surface area (Å²) in [5.74, 6) is 0.815. The van der Waals surface area contributed by atoms with Gasteiger partial charge in [0.15, 0.2) is 15.8 Å². The lowest BCUT2D eigenvalue weighted by Crippen LogP contribution is -2.57. The molecule has 0 aromatic heterocycles. The number of carbonyl (C=O) groups is 1. The summed E-state index contributed by atoms with van der Waals surface area (Å²) >= 11 is 0. The molecular formula is C19H30N4O3S. The molecule has 1 aliphatic rings. The first-order valence-corrected chi connectivity index (χ1v) is 10.8. The molecule has 0 radical (unpaired) electrons. The van der Waals surface area contributed by atoms with E-state index < -0.39 is 14.6 Å². The lowest BCUT2D eigenvalue weighted by molar-refractivity contribution is 0.0827. The van der Waals surface area contributed by atoms with Crippen LogP contribution in [0.4, 0.5) is 0 Å². The van der Waals surface area contributed by atoms with Gasteiger partial charge in [-0.2, -0.15) is 0 Å². The van der Waals surface area contributed by atoms with Gasteiger partial charge >= 0.3 is 0 Å². The van der Waals surface area contributed by atoms with Gasteiger partial charge in [0, 0.05) is 39.3 Å². The number of aliphatic imine (C=N–C) groups is 1. The summed E-state index contributed by atoms with van der Waals surface area (Å²) < 4.78 is 23.7. The molecule has 1 saturated heterocycles. The number of carbonyl (C=O) groups excluding carboxylic acids is 1. The predicted molar refractivity (Wildman–Crippen MR) is 109 cm³/mol. The van der Waals surface area contributed by atoms with Crippen LogP contribution in [0.3, 0.4) is 0 Å². The van der Waals surface area contributed by atoms with E-state index >= 15 is 0 Å². The Morgan fingerprint density at radius 3 is 2.41 bits per heavy atom. The van der Waals surface area contributed by atoms with Gasteiger partial charge < -0.3 is 15.1 Å². The zero-order chi connectivity index (χ0) is 20.2. The highest BCUT2D eigenvalue weighted by atomic mass is 32.2. The number of nitrogens with zero attached hydrogens (tertiary/aromatic N) is 3. The van der Waals surface area contributed by atoms with E-state index in [1.54, 1.807) is 45.0 Å². The number of nitrogens with one attached hydrogen (secondary N) is 1. The highest BCUT2D eigenvalue weighted by molar-refractivity contribution is 7.92. The first kappa shape index (κ1) is 21.2. The number of hydrogen-bond donors (Lipinski definition) is 1. The van der Waals surface area contributed by atoms with Gasteiger partial charge in [0.1, 0.15) is 0 Å². The van der Waals surface area contributed by atoms with E-state index in [0.717, 1.165) is 5.56 Å². The summed E-state index contributed by atoms with van der Waals surface area (Å²) in [6.45, 7) is 7.53. The van der Waals surface area contributed by atoms with Crippen LogP contribution < -0.4 is 5.32 Å². The van der Waals surface area contributed by atoms with Crippen LogP contribution in [-0.2, 0) is 16.4 Å². The second-order valence-electron chi connectivity index (χ2n) is 7.57. The second-order valence-corrected chi connectivity index (χ2v) is 10.3. The fourth-order valence-electron chi connectivity index (χ4n) is 2.93. The molecule has 1 heterocycles. The van der Waals surface area contributed by atoms with Crippen LogP contribution in [0.15, 0.2) is 29.3 Å². The van der Waals surface area contributed by atoms with Gasteiger partial charge in [0.2, 0.25) is 0 Å². The number of guanidine groups is 1. The van der Waals surface area contributed by atoms with Crippen molar-refractivity contribution in [2.24, 2.45) is 4.99 Å². The molecule has 1 aromatic carbocycles. The average molecular weight is 395 g/mol. The molecule has 1 N–H and O–H groups in total. The Morgan fingerprint density at radius 1 is 1.26 bits per heavy atom. The Labute approximate surface area is 162 Å². The van der Waals surface area contributed by atoms with Gasteiger partial charge in [-0.25, -0.2) is 13.4 Å². The monoisotopic (exact) mass is 394 g/mol. The van der Waals surface area contributed by atoms with E-state index in [0.29, 0.717) is 37.7 Å². The van der Waals surface area contributed by atoms with Crippen molar-refractivity contribution in [3.05, 3.63) is 35.4 Å². The van der Waals surface area contributed by atoms with E-state index in [1.807, 2.05) is 24.0 Å². The van der Waals surface area contributed by atoms with Gasteiger partial charge in [-0.15, -0.1) is 0 Å². The molecule has 0 saturated carbocycles. The first-order valence-electron chi connectivity index (χ1n) is 9.13. The van der Waals surface area contributed by atoms with Crippen molar-refractivity contribution in [3.8, 4) is 0 Å². The lowest BCUT2D eigenvalue weighted by Gasteiger charge is -2.39. The zero-order valence-corrected chi connectivity index (χ0v) is 17.6. The zero-order valence-electron chi connectivity index (χ0n) is 16.8. The normalized spacial score (nSPS) is 18.9. The average Bonchev–Trinajstić information content (AvgIpc) is 2.61. The molecule has 0 aliphatic carbocycles. The Balaban J connectivity index is 2.13. The molecule has 27 heavy (non-hydrogen) atoms. The fourth-order valence-corrected chi connectivity index (χ4v) is 4.29. The number of amides is 1. The van der Waals surface area contributed by atoms with Crippen LogP contribution in [-0.4, -0.2) is 74.3 Å². The summed E-state index contributed by atoms with van der Waals surface area (Å²) in [7, 11) is 0.362. The minimum atomic E-state index is -3.09. The van der Waals surface area contributed by atoms with E-state index in [9.17, 15) is 13.2 Å². The molecule has 8 heteroatoms.